The predicted molar refractivity (Wildman–Crippen MR) is 99.4 cm³/mol. The molecular weight excluding hydrogens is 588 g/mol. The summed E-state index contributed by atoms with van der Waals surface area (Å²) in [5.41, 5.74) is -6.97. The molecule has 0 fully saturated rings. The highest BCUT2D eigenvalue weighted by atomic mass is 79.9. The van der Waals surface area contributed by atoms with E-state index in [1.165, 1.54) is 0 Å². The normalized spacial score (nSPS) is 13.1. The SMILES string of the molecule is O=C1N=C(c2c(F)c(F)c(Br)c(F)c2F)c2c(O)[nH]c(-c3c(F)c(F)c(Br)c(F)c3F)c21. The van der Waals surface area contributed by atoms with Gasteiger partial charge in [-0.2, -0.15) is 0 Å². The van der Waals surface area contributed by atoms with Crippen LogP contribution in [0.3, 0.4) is 0 Å². The van der Waals surface area contributed by atoms with E-state index in [-0.39, 0.29) is 0 Å². The summed E-state index contributed by atoms with van der Waals surface area (Å²) < 4.78 is 111. The Bertz CT molecular complexity index is 1360. The minimum Gasteiger partial charge on any atom is -0.494 e. The van der Waals surface area contributed by atoms with Crippen LogP contribution in [0.15, 0.2) is 13.9 Å². The highest BCUT2D eigenvalue weighted by Gasteiger charge is 2.40. The van der Waals surface area contributed by atoms with Crippen molar-refractivity contribution in [2.75, 3.05) is 0 Å². The molecule has 0 unspecified atom stereocenters. The van der Waals surface area contributed by atoms with Crippen LogP contribution in [0.2, 0.25) is 0 Å². The van der Waals surface area contributed by atoms with Gasteiger partial charge in [0.1, 0.15) is 0 Å². The lowest BCUT2D eigenvalue weighted by molar-refractivity contribution is 0.101. The summed E-state index contributed by atoms with van der Waals surface area (Å²) in [7, 11) is 0. The van der Waals surface area contributed by atoms with Gasteiger partial charge in [0.2, 0.25) is 0 Å². The molecule has 32 heavy (non-hydrogen) atoms. The van der Waals surface area contributed by atoms with Crippen LogP contribution in [0.4, 0.5) is 35.1 Å². The summed E-state index contributed by atoms with van der Waals surface area (Å²) in [6, 6.07) is 0. The number of aromatic hydroxyl groups is 1. The number of hydrogen-bond donors (Lipinski definition) is 2. The first kappa shape index (κ1) is 22.5. The van der Waals surface area contributed by atoms with E-state index < -0.39 is 101 Å². The second-order valence-electron chi connectivity index (χ2n) is 6.25. The Labute approximate surface area is 187 Å². The van der Waals surface area contributed by atoms with Crippen LogP contribution in [0, 0.1) is 46.5 Å². The fourth-order valence-electron chi connectivity index (χ4n) is 3.15. The lowest BCUT2D eigenvalue weighted by Crippen LogP contribution is -2.12. The van der Waals surface area contributed by atoms with Gasteiger partial charge in [-0.15, -0.1) is 0 Å². The fraction of sp³-hybridized carbons (Fsp3) is 0. The van der Waals surface area contributed by atoms with Crippen LogP contribution >= 0.6 is 31.9 Å². The highest BCUT2D eigenvalue weighted by Crippen LogP contribution is 2.43. The van der Waals surface area contributed by atoms with Crippen LogP contribution in [0.5, 0.6) is 5.88 Å². The van der Waals surface area contributed by atoms with Crippen LogP contribution in [0.25, 0.3) is 11.3 Å². The number of carbonyl (C=O) groups excluding carboxylic acids is 1. The van der Waals surface area contributed by atoms with Crippen molar-refractivity contribution >= 4 is 43.5 Å². The van der Waals surface area contributed by atoms with Gasteiger partial charge in [0, 0.05) is 0 Å². The number of aromatic amines is 1. The molecule has 1 amide bonds. The molecule has 166 valence electrons. The maximum Gasteiger partial charge on any atom is 0.280 e. The van der Waals surface area contributed by atoms with E-state index in [9.17, 15) is 45.0 Å². The molecule has 0 spiro atoms. The van der Waals surface area contributed by atoms with Crippen molar-refractivity contribution in [2.45, 2.75) is 0 Å². The third kappa shape index (κ3) is 2.85. The first-order chi connectivity index (χ1) is 14.9. The minimum absolute atomic E-state index is 0.897. The number of hydrogen-bond acceptors (Lipinski definition) is 2. The van der Waals surface area contributed by atoms with Gasteiger partial charge in [0.25, 0.3) is 5.91 Å². The maximum atomic E-state index is 14.4. The molecule has 0 saturated carbocycles. The van der Waals surface area contributed by atoms with E-state index in [0.717, 1.165) is 0 Å². The zero-order chi connectivity index (χ0) is 23.8. The highest BCUT2D eigenvalue weighted by molar-refractivity contribution is 9.10. The predicted octanol–water partition coefficient (Wildman–Crippen LogP) is 6.02. The van der Waals surface area contributed by atoms with Crippen molar-refractivity contribution in [3.63, 3.8) is 0 Å². The average Bonchev–Trinajstić information content (AvgIpc) is 3.27. The number of rotatable bonds is 2. The van der Waals surface area contributed by atoms with Crippen molar-refractivity contribution in [1.82, 2.24) is 4.98 Å². The average molecular weight is 590 g/mol. The van der Waals surface area contributed by atoms with Crippen molar-refractivity contribution in [3.05, 3.63) is 72.2 Å². The van der Waals surface area contributed by atoms with Gasteiger partial charge in [0.15, 0.2) is 52.4 Å². The molecule has 14 heteroatoms. The second kappa shape index (κ2) is 7.40. The Morgan fingerprint density at radius 1 is 0.625 bits per heavy atom. The molecule has 1 aliphatic rings. The third-order valence-corrected chi connectivity index (χ3v) is 5.94. The van der Waals surface area contributed by atoms with E-state index in [2.05, 4.69) is 36.9 Å². The van der Waals surface area contributed by atoms with Gasteiger partial charge < -0.3 is 10.1 Å². The van der Waals surface area contributed by atoms with Gasteiger partial charge in [0.05, 0.1) is 42.6 Å². The largest absolute Gasteiger partial charge is 0.494 e. The topological polar surface area (TPSA) is 65.4 Å². The zero-order valence-electron chi connectivity index (χ0n) is 14.6. The zero-order valence-corrected chi connectivity index (χ0v) is 17.8. The molecule has 0 radical (unpaired) electrons. The number of carbonyl (C=O) groups is 1. The molecule has 4 nitrogen and oxygen atoms in total. The Morgan fingerprint density at radius 3 is 1.47 bits per heavy atom. The summed E-state index contributed by atoms with van der Waals surface area (Å²) in [4.78, 5) is 17.5. The Morgan fingerprint density at radius 2 is 1.03 bits per heavy atom. The molecule has 4 rings (SSSR count). The molecular formula is C18H2Br2F8N2O2. The molecule has 2 N–H and O–H groups in total. The van der Waals surface area contributed by atoms with Gasteiger partial charge in [-0.1, -0.05) is 0 Å². The molecule has 0 aliphatic carbocycles. The van der Waals surface area contributed by atoms with Gasteiger partial charge in [-0.25, -0.2) is 40.1 Å². The molecule has 0 atom stereocenters. The number of nitrogens with one attached hydrogen (secondary N) is 1. The monoisotopic (exact) mass is 588 g/mol. The number of halogens is 10. The number of H-pyrrole nitrogens is 1. The molecule has 0 saturated heterocycles. The van der Waals surface area contributed by atoms with Crippen LogP contribution in [-0.2, 0) is 0 Å². The number of nitrogens with zero attached hydrogens (tertiary/aromatic N) is 1. The summed E-state index contributed by atoms with van der Waals surface area (Å²) in [5.74, 6) is -18.2. The Balaban J connectivity index is 2.04. The Hall–Kier alpha value is -2.74. The van der Waals surface area contributed by atoms with E-state index >= 15 is 0 Å². The molecule has 1 aromatic heterocycles. The molecule has 0 bridgehead atoms. The molecule has 3 aromatic rings. The second-order valence-corrected chi connectivity index (χ2v) is 7.84. The van der Waals surface area contributed by atoms with E-state index in [1.807, 2.05) is 4.98 Å². The van der Waals surface area contributed by atoms with Crippen LogP contribution in [-0.4, -0.2) is 21.7 Å². The van der Waals surface area contributed by atoms with E-state index in [0.29, 0.717) is 0 Å². The van der Waals surface area contributed by atoms with E-state index in [4.69, 9.17) is 0 Å². The number of fused-ring (bicyclic) bond motifs is 1. The van der Waals surface area contributed by atoms with Crippen LogP contribution < -0.4 is 0 Å². The summed E-state index contributed by atoms with van der Waals surface area (Å²) in [5, 5.41) is 10.1. The fourth-order valence-corrected chi connectivity index (χ4v) is 3.85. The van der Waals surface area contributed by atoms with Crippen molar-refractivity contribution < 1.29 is 45.0 Å². The van der Waals surface area contributed by atoms with Gasteiger partial charge in [-0.05, 0) is 31.9 Å². The number of benzene rings is 2. The summed E-state index contributed by atoms with van der Waals surface area (Å²) in [6.45, 7) is 0. The quantitative estimate of drug-likeness (QED) is 0.218. The summed E-state index contributed by atoms with van der Waals surface area (Å²) >= 11 is 4.61. The van der Waals surface area contributed by atoms with Gasteiger partial charge >= 0.3 is 0 Å². The van der Waals surface area contributed by atoms with Crippen molar-refractivity contribution in [1.29, 1.82) is 0 Å². The number of amides is 1. The molecule has 2 heterocycles. The maximum absolute atomic E-state index is 14.4. The minimum atomic E-state index is -2.00. The third-order valence-electron chi connectivity index (χ3n) is 4.55. The lowest BCUT2D eigenvalue weighted by Gasteiger charge is -2.09. The summed E-state index contributed by atoms with van der Waals surface area (Å²) in [6.07, 6.45) is 0. The first-order valence-electron chi connectivity index (χ1n) is 8.01. The lowest BCUT2D eigenvalue weighted by atomic mass is 9.98. The molecule has 2 aromatic carbocycles. The first-order valence-corrected chi connectivity index (χ1v) is 9.60. The smallest absolute Gasteiger partial charge is 0.280 e. The van der Waals surface area contributed by atoms with Crippen molar-refractivity contribution in [2.24, 2.45) is 4.99 Å². The number of aromatic nitrogens is 1. The van der Waals surface area contributed by atoms with Crippen LogP contribution in [0.1, 0.15) is 21.5 Å². The van der Waals surface area contributed by atoms with Gasteiger partial charge in [-0.3, -0.25) is 4.79 Å². The molecule has 1 aliphatic heterocycles. The van der Waals surface area contributed by atoms with E-state index in [1.54, 1.807) is 0 Å². The Kier molecular flexibility index (Phi) is 5.19. The standard InChI is InChI=1S/C18H2Br2F8N2O2/c19-5-11(25)7(21)3(8(22)12(5)26)15-1-2(18(32)29-15)16(30-17(1)31)4-9(23)13(27)6(20)14(28)10(4)24/h29,32H. The van der Waals surface area contributed by atoms with Crippen molar-refractivity contribution in [3.8, 4) is 17.1 Å². The number of aliphatic imine (C=N–C) groups is 1.